The van der Waals surface area contributed by atoms with E-state index in [1.165, 1.54) is 0 Å². The largest absolute Gasteiger partial charge is 0.320 e. The van der Waals surface area contributed by atoms with Gasteiger partial charge in [-0.1, -0.05) is 0 Å². The Bertz CT molecular complexity index is 284. The van der Waals surface area contributed by atoms with Crippen LogP contribution in [0.5, 0.6) is 0 Å². The van der Waals surface area contributed by atoms with Crippen LogP contribution >= 0.6 is 0 Å². The van der Waals surface area contributed by atoms with Crippen molar-refractivity contribution >= 4 is 0 Å². The number of nitrogens with one attached hydrogen (secondary N) is 1. The van der Waals surface area contributed by atoms with Gasteiger partial charge >= 0.3 is 0 Å². The third kappa shape index (κ3) is 2.04. The van der Waals surface area contributed by atoms with E-state index < -0.39 is 0 Å². The van der Waals surface area contributed by atoms with Gasteiger partial charge in [0.2, 0.25) is 0 Å². The number of hydrogen-bond acceptors (Lipinski definition) is 4. The van der Waals surface area contributed by atoms with Gasteiger partial charge in [-0.05, 0) is 6.92 Å². The highest BCUT2D eigenvalue weighted by Gasteiger charge is 2.02. The van der Waals surface area contributed by atoms with Crippen molar-refractivity contribution < 1.29 is 0 Å². The number of rotatable bonds is 3. The van der Waals surface area contributed by atoms with Crippen molar-refractivity contribution in [2.45, 2.75) is 19.5 Å². The first-order valence-corrected chi connectivity index (χ1v) is 3.70. The lowest BCUT2D eigenvalue weighted by Gasteiger charge is -2.04. The average molecular weight is 165 g/mol. The summed E-state index contributed by atoms with van der Waals surface area (Å²) in [5.74, 6) is 0.831. The molecular weight excluding hydrogens is 154 g/mol. The number of hydrogen-bond donors (Lipinski definition) is 1. The van der Waals surface area contributed by atoms with E-state index in [1.807, 2.05) is 11.6 Å². The SMILES string of the molecule is CC(C#N)NCc1nncn1C. The number of aryl methyl sites for hydroxylation is 1. The van der Waals surface area contributed by atoms with Crippen LogP contribution in [-0.4, -0.2) is 20.8 Å². The highest BCUT2D eigenvalue weighted by atomic mass is 15.3. The summed E-state index contributed by atoms with van der Waals surface area (Å²) in [7, 11) is 1.87. The fourth-order valence-electron chi connectivity index (χ4n) is 0.757. The minimum Gasteiger partial charge on any atom is -0.320 e. The number of aromatic nitrogens is 3. The smallest absolute Gasteiger partial charge is 0.146 e. The van der Waals surface area contributed by atoms with Gasteiger partial charge in [0.05, 0.1) is 18.7 Å². The molecule has 0 amide bonds. The second-order valence-electron chi connectivity index (χ2n) is 2.59. The van der Waals surface area contributed by atoms with Crippen LogP contribution in [0.15, 0.2) is 6.33 Å². The van der Waals surface area contributed by atoms with Gasteiger partial charge in [0, 0.05) is 7.05 Å². The summed E-state index contributed by atoms with van der Waals surface area (Å²) in [5, 5.41) is 19.0. The predicted molar refractivity (Wildman–Crippen MR) is 42.9 cm³/mol. The van der Waals surface area contributed by atoms with Crippen LogP contribution in [0.3, 0.4) is 0 Å². The van der Waals surface area contributed by atoms with Crippen molar-refractivity contribution in [2.24, 2.45) is 7.05 Å². The van der Waals surface area contributed by atoms with Gasteiger partial charge in [-0.25, -0.2) is 0 Å². The van der Waals surface area contributed by atoms with Gasteiger partial charge in [0.15, 0.2) is 0 Å². The Balaban J connectivity index is 2.44. The Morgan fingerprint density at radius 3 is 3.08 bits per heavy atom. The van der Waals surface area contributed by atoms with Crippen molar-refractivity contribution in [3.8, 4) is 6.07 Å². The van der Waals surface area contributed by atoms with E-state index in [2.05, 4.69) is 21.6 Å². The monoisotopic (exact) mass is 165 g/mol. The van der Waals surface area contributed by atoms with Crippen molar-refractivity contribution in [2.75, 3.05) is 0 Å². The van der Waals surface area contributed by atoms with E-state index in [0.717, 1.165) is 5.82 Å². The molecule has 0 aromatic carbocycles. The molecule has 12 heavy (non-hydrogen) atoms. The lowest BCUT2D eigenvalue weighted by molar-refractivity contribution is 0.602. The number of nitriles is 1. The van der Waals surface area contributed by atoms with Crippen molar-refractivity contribution in [1.29, 1.82) is 5.26 Å². The Morgan fingerprint density at radius 1 is 1.83 bits per heavy atom. The first-order chi connectivity index (χ1) is 5.74. The molecule has 1 N–H and O–H groups in total. The van der Waals surface area contributed by atoms with Gasteiger partial charge in [0.25, 0.3) is 0 Å². The third-order valence-corrected chi connectivity index (χ3v) is 1.57. The maximum atomic E-state index is 8.48. The van der Waals surface area contributed by atoms with Crippen LogP contribution in [0.2, 0.25) is 0 Å². The van der Waals surface area contributed by atoms with E-state index in [9.17, 15) is 0 Å². The highest BCUT2D eigenvalue weighted by molar-refractivity contribution is 4.89. The van der Waals surface area contributed by atoms with Crippen LogP contribution in [0.25, 0.3) is 0 Å². The second kappa shape index (κ2) is 3.83. The van der Waals surface area contributed by atoms with Crippen molar-refractivity contribution in [1.82, 2.24) is 20.1 Å². The predicted octanol–water partition coefficient (Wildman–Crippen LogP) is -0.183. The molecule has 0 aliphatic heterocycles. The molecule has 1 aromatic heterocycles. The van der Waals surface area contributed by atoms with Crippen LogP contribution < -0.4 is 5.32 Å². The van der Waals surface area contributed by atoms with Crippen LogP contribution in [0, 0.1) is 11.3 Å². The molecule has 0 radical (unpaired) electrons. The summed E-state index contributed by atoms with van der Waals surface area (Å²) in [4.78, 5) is 0. The first-order valence-electron chi connectivity index (χ1n) is 3.70. The molecule has 0 saturated heterocycles. The van der Waals surface area contributed by atoms with Crippen molar-refractivity contribution in [3.63, 3.8) is 0 Å². The third-order valence-electron chi connectivity index (χ3n) is 1.57. The summed E-state index contributed by atoms with van der Waals surface area (Å²) in [6.07, 6.45) is 1.63. The lowest BCUT2D eigenvalue weighted by Crippen LogP contribution is -2.25. The first kappa shape index (κ1) is 8.68. The molecule has 0 aliphatic carbocycles. The summed E-state index contributed by atoms with van der Waals surface area (Å²) in [5.41, 5.74) is 0. The molecule has 1 rings (SSSR count). The van der Waals surface area contributed by atoms with Crippen LogP contribution in [0.1, 0.15) is 12.7 Å². The lowest BCUT2D eigenvalue weighted by atomic mass is 10.4. The molecule has 0 bridgehead atoms. The molecule has 0 fully saturated rings. The molecule has 5 nitrogen and oxygen atoms in total. The van der Waals surface area contributed by atoms with Crippen molar-refractivity contribution in [3.05, 3.63) is 12.2 Å². The average Bonchev–Trinajstić information content (AvgIpc) is 2.47. The molecule has 1 aromatic rings. The van der Waals surface area contributed by atoms with E-state index in [1.54, 1.807) is 13.3 Å². The maximum Gasteiger partial charge on any atom is 0.146 e. The van der Waals surface area contributed by atoms with Gasteiger partial charge < -0.3 is 4.57 Å². The molecule has 0 spiro atoms. The fourth-order valence-corrected chi connectivity index (χ4v) is 0.757. The molecule has 0 aliphatic rings. The van der Waals surface area contributed by atoms with Gasteiger partial charge in [-0.2, -0.15) is 5.26 Å². The molecule has 64 valence electrons. The summed E-state index contributed by atoms with van der Waals surface area (Å²) >= 11 is 0. The molecule has 1 atom stereocenters. The van der Waals surface area contributed by atoms with Crippen LogP contribution in [0.4, 0.5) is 0 Å². The molecule has 1 heterocycles. The Hall–Kier alpha value is -1.41. The normalized spacial score (nSPS) is 12.4. The number of nitrogens with zero attached hydrogens (tertiary/aromatic N) is 4. The van der Waals surface area contributed by atoms with Gasteiger partial charge in [-0.3, -0.25) is 5.32 Å². The highest BCUT2D eigenvalue weighted by Crippen LogP contribution is 1.90. The van der Waals surface area contributed by atoms with Gasteiger partial charge in [0.1, 0.15) is 12.2 Å². The van der Waals surface area contributed by atoms with E-state index >= 15 is 0 Å². The summed E-state index contributed by atoms with van der Waals surface area (Å²) < 4.78 is 1.82. The molecule has 0 saturated carbocycles. The Labute approximate surface area is 71.0 Å². The summed E-state index contributed by atoms with van der Waals surface area (Å²) in [6, 6.07) is 1.93. The maximum absolute atomic E-state index is 8.48. The zero-order chi connectivity index (χ0) is 8.97. The Morgan fingerprint density at radius 2 is 2.58 bits per heavy atom. The molecule has 1 unspecified atom stereocenters. The van der Waals surface area contributed by atoms with Gasteiger partial charge in [-0.15, -0.1) is 10.2 Å². The van der Waals surface area contributed by atoms with E-state index in [-0.39, 0.29) is 6.04 Å². The Kier molecular flexibility index (Phi) is 2.77. The standard InChI is InChI=1S/C7H11N5/c1-6(3-8)9-4-7-11-10-5-12(7)2/h5-6,9H,4H2,1-2H3. The summed E-state index contributed by atoms with van der Waals surface area (Å²) in [6.45, 7) is 2.38. The second-order valence-corrected chi connectivity index (χ2v) is 2.59. The van der Waals surface area contributed by atoms with E-state index in [0.29, 0.717) is 6.54 Å². The van der Waals surface area contributed by atoms with Crippen LogP contribution in [-0.2, 0) is 13.6 Å². The topological polar surface area (TPSA) is 66.5 Å². The molecule has 5 heteroatoms. The minimum absolute atomic E-state index is 0.151. The zero-order valence-electron chi connectivity index (χ0n) is 7.15. The minimum atomic E-state index is -0.151. The van der Waals surface area contributed by atoms with E-state index in [4.69, 9.17) is 5.26 Å². The quantitative estimate of drug-likeness (QED) is 0.674. The zero-order valence-corrected chi connectivity index (χ0v) is 7.15. The fraction of sp³-hybridized carbons (Fsp3) is 0.571. The molecular formula is C7H11N5.